The second-order valence-electron chi connectivity index (χ2n) is 11.3. The number of hydrogen-bond acceptors (Lipinski definition) is 4. The van der Waals surface area contributed by atoms with Crippen molar-refractivity contribution in [2.45, 2.75) is 13.8 Å². The number of rotatable bonds is 4. The van der Waals surface area contributed by atoms with Crippen molar-refractivity contribution < 1.29 is 0 Å². The van der Waals surface area contributed by atoms with E-state index in [9.17, 15) is 0 Å². The number of fused-ring (bicyclic) bond motifs is 6. The molecule has 0 saturated carbocycles. The average molecular weight is 565 g/mol. The van der Waals surface area contributed by atoms with Gasteiger partial charge in [-0.25, -0.2) is 19.9 Å². The third-order valence-electron chi connectivity index (χ3n) is 8.50. The Morgan fingerprint density at radius 1 is 0.364 bits per heavy atom. The first kappa shape index (κ1) is 25.9. The van der Waals surface area contributed by atoms with Crippen LogP contribution in [-0.2, 0) is 0 Å². The van der Waals surface area contributed by atoms with Crippen LogP contribution in [0.2, 0.25) is 0 Å². The molecule has 8 rings (SSSR count). The van der Waals surface area contributed by atoms with Gasteiger partial charge in [0.25, 0.3) is 0 Å². The van der Waals surface area contributed by atoms with Crippen molar-refractivity contribution >= 4 is 32.3 Å². The molecule has 8 aromatic rings. The van der Waals surface area contributed by atoms with Crippen LogP contribution in [0.15, 0.2) is 135 Å². The van der Waals surface area contributed by atoms with Gasteiger partial charge >= 0.3 is 0 Å². The van der Waals surface area contributed by atoms with Crippen molar-refractivity contribution in [2.75, 3.05) is 0 Å². The molecular formula is C40H28N4. The van der Waals surface area contributed by atoms with E-state index in [1.165, 1.54) is 43.4 Å². The van der Waals surface area contributed by atoms with E-state index < -0.39 is 0 Å². The van der Waals surface area contributed by atoms with Gasteiger partial charge in [-0.1, -0.05) is 108 Å². The van der Waals surface area contributed by atoms with Crippen molar-refractivity contribution in [3.8, 4) is 44.5 Å². The molecule has 0 saturated heterocycles. The van der Waals surface area contributed by atoms with Crippen molar-refractivity contribution in [1.29, 1.82) is 0 Å². The van der Waals surface area contributed by atoms with Gasteiger partial charge in [0, 0.05) is 47.0 Å². The summed E-state index contributed by atoms with van der Waals surface area (Å²) in [6.45, 7) is 4.35. The lowest BCUT2D eigenvalue weighted by atomic mass is 9.77. The maximum atomic E-state index is 4.51. The van der Waals surface area contributed by atoms with Crippen LogP contribution in [0.25, 0.3) is 76.8 Å². The number of benzene rings is 6. The maximum absolute atomic E-state index is 4.51. The first-order chi connectivity index (χ1) is 21.7. The van der Waals surface area contributed by atoms with Crippen LogP contribution in [-0.4, -0.2) is 19.9 Å². The Morgan fingerprint density at radius 2 is 0.750 bits per heavy atom. The van der Waals surface area contributed by atoms with Gasteiger partial charge in [0.15, 0.2) is 0 Å². The van der Waals surface area contributed by atoms with Crippen LogP contribution in [0.3, 0.4) is 0 Å². The van der Waals surface area contributed by atoms with Crippen LogP contribution in [0.4, 0.5) is 0 Å². The zero-order valence-corrected chi connectivity index (χ0v) is 24.5. The Labute approximate surface area is 255 Å². The molecule has 4 heteroatoms. The Kier molecular flexibility index (Phi) is 6.20. The molecule has 0 amide bonds. The fourth-order valence-corrected chi connectivity index (χ4v) is 6.71. The highest BCUT2D eigenvalue weighted by Gasteiger charge is 2.27. The fourth-order valence-electron chi connectivity index (χ4n) is 6.71. The van der Waals surface area contributed by atoms with E-state index >= 15 is 0 Å². The molecule has 0 spiro atoms. The summed E-state index contributed by atoms with van der Waals surface area (Å²) in [7, 11) is 0. The third kappa shape index (κ3) is 4.15. The van der Waals surface area contributed by atoms with E-state index in [1.54, 1.807) is 12.7 Å². The topological polar surface area (TPSA) is 51.6 Å². The zero-order chi connectivity index (χ0) is 29.6. The lowest BCUT2D eigenvalue weighted by Gasteiger charge is -2.26. The summed E-state index contributed by atoms with van der Waals surface area (Å²) in [5.74, 6) is 0. The summed E-state index contributed by atoms with van der Waals surface area (Å²) in [6.07, 6.45) is 10.8. The van der Waals surface area contributed by atoms with Gasteiger partial charge in [0.2, 0.25) is 0 Å². The Hall–Kier alpha value is -5.74. The molecule has 44 heavy (non-hydrogen) atoms. The molecule has 0 aliphatic heterocycles. The van der Waals surface area contributed by atoms with E-state index in [0.717, 1.165) is 44.5 Å². The Bertz CT molecular complexity index is 2150. The van der Waals surface area contributed by atoms with E-state index in [4.69, 9.17) is 0 Å². The maximum Gasteiger partial charge on any atom is 0.115 e. The van der Waals surface area contributed by atoms with Gasteiger partial charge in [-0.15, -0.1) is 0 Å². The zero-order valence-electron chi connectivity index (χ0n) is 24.5. The molecule has 0 atom stereocenters. The van der Waals surface area contributed by atoms with Crippen LogP contribution in [0.1, 0.15) is 11.1 Å². The minimum Gasteiger partial charge on any atom is -0.244 e. The largest absolute Gasteiger partial charge is 0.244 e. The molecule has 0 N–H and O–H groups in total. The molecule has 0 fully saturated rings. The molecule has 208 valence electrons. The van der Waals surface area contributed by atoms with E-state index in [-0.39, 0.29) is 0 Å². The van der Waals surface area contributed by atoms with Crippen molar-refractivity contribution in [3.05, 3.63) is 146 Å². The Balaban J connectivity index is 1.79. The lowest BCUT2D eigenvalue weighted by Crippen LogP contribution is -2.00. The smallest absolute Gasteiger partial charge is 0.115 e. The SMILES string of the molecule is Cc1ccc2c3ccc(C)cc3c3c(-c4ccccc4)c(-c4cncnc4)c(-c4cncnc4)c(-c4ccccc4)c3c2c1. The molecule has 2 aromatic heterocycles. The van der Waals surface area contributed by atoms with E-state index in [1.807, 2.05) is 24.8 Å². The second-order valence-corrected chi connectivity index (χ2v) is 11.3. The molecule has 0 aliphatic rings. The Morgan fingerprint density at radius 3 is 1.14 bits per heavy atom. The minimum absolute atomic E-state index is 0.939. The number of nitrogens with zero attached hydrogens (tertiary/aromatic N) is 4. The van der Waals surface area contributed by atoms with Gasteiger partial charge < -0.3 is 0 Å². The lowest BCUT2D eigenvalue weighted by molar-refractivity contribution is 1.16. The minimum atomic E-state index is 0.939. The quantitative estimate of drug-likeness (QED) is 0.200. The highest BCUT2D eigenvalue weighted by Crippen LogP contribution is 2.54. The number of aromatic nitrogens is 4. The molecular weight excluding hydrogens is 536 g/mol. The summed E-state index contributed by atoms with van der Waals surface area (Å²) in [6, 6.07) is 35.1. The molecule has 0 radical (unpaired) electrons. The van der Waals surface area contributed by atoms with Crippen LogP contribution < -0.4 is 0 Å². The van der Waals surface area contributed by atoms with Crippen molar-refractivity contribution in [3.63, 3.8) is 0 Å². The van der Waals surface area contributed by atoms with Gasteiger partial charge in [-0.05, 0) is 68.4 Å². The van der Waals surface area contributed by atoms with E-state index in [2.05, 4.69) is 131 Å². The predicted octanol–water partition coefficient (Wildman–Crippen LogP) is 10.0. The summed E-state index contributed by atoms with van der Waals surface area (Å²) in [4.78, 5) is 18.0. The third-order valence-corrected chi connectivity index (χ3v) is 8.50. The number of hydrogen-bond donors (Lipinski definition) is 0. The van der Waals surface area contributed by atoms with Gasteiger partial charge in [0.05, 0.1) is 0 Å². The number of aryl methyl sites for hydroxylation is 2. The highest BCUT2D eigenvalue weighted by atomic mass is 14.8. The van der Waals surface area contributed by atoms with Crippen molar-refractivity contribution in [1.82, 2.24) is 19.9 Å². The summed E-state index contributed by atoms with van der Waals surface area (Å²) >= 11 is 0. The van der Waals surface area contributed by atoms with Crippen molar-refractivity contribution in [2.24, 2.45) is 0 Å². The van der Waals surface area contributed by atoms with Gasteiger partial charge in [0.1, 0.15) is 12.7 Å². The molecule has 0 aliphatic carbocycles. The fraction of sp³-hybridized carbons (Fsp3) is 0.0500. The van der Waals surface area contributed by atoms with Crippen LogP contribution in [0, 0.1) is 13.8 Å². The predicted molar refractivity (Wildman–Crippen MR) is 181 cm³/mol. The first-order valence-electron chi connectivity index (χ1n) is 14.8. The van der Waals surface area contributed by atoms with Crippen LogP contribution >= 0.6 is 0 Å². The molecule has 4 nitrogen and oxygen atoms in total. The summed E-state index contributed by atoms with van der Waals surface area (Å²) in [5, 5.41) is 7.35. The standard InChI is InChI=1S/C40H28N4/c1-25-13-15-31-32-16-14-26(2)18-34(32)40-36(28-11-7-4-8-12-28)38(30-21-43-24-44-22-30)37(29-19-41-23-42-20-29)35(39(40)33(31)17-25)27-9-5-3-6-10-27/h3-24H,1-2H3. The average Bonchev–Trinajstić information content (AvgIpc) is 3.08. The van der Waals surface area contributed by atoms with Crippen LogP contribution in [0.5, 0.6) is 0 Å². The van der Waals surface area contributed by atoms with Gasteiger partial charge in [-0.3, -0.25) is 0 Å². The molecule has 0 unspecified atom stereocenters. The normalized spacial score (nSPS) is 11.4. The highest BCUT2D eigenvalue weighted by molar-refractivity contribution is 6.35. The monoisotopic (exact) mass is 564 g/mol. The summed E-state index contributed by atoms with van der Waals surface area (Å²) < 4.78 is 0. The molecule has 2 heterocycles. The van der Waals surface area contributed by atoms with E-state index in [0.29, 0.717) is 0 Å². The first-order valence-corrected chi connectivity index (χ1v) is 14.8. The second kappa shape index (κ2) is 10.5. The summed E-state index contributed by atoms with van der Waals surface area (Å²) in [5.41, 5.74) is 11.0. The molecule has 0 bridgehead atoms. The van der Waals surface area contributed by atoms with Gasteiger partial charge in [-0.2, -0.15) is 0 Å². The molecule has 6 aromatic carbocycles.